The molecule has 1 aliphatic rings. The third-order valence-corrected chi connectivity index (χ3v) is 3.27. The Morgan fingerprint density at radius 1 is 1.50 bits per heavy atom. The molecule has 0 aromatic carbocycles. The molecule has 0 bridgehead atoms. The molecule has 1 aromatic rings. The van der Waals surface area contributed by atoms with Gasteiger partial charge in [0.1, 0.15) is 11.1 Å². The molecule has 2 rings (SSSR count). The van der Waals surface area contributed by atoms with Gasteiger partial charge in [-0.3, -0.25) is 0 Å². The molecule has 2 heterocycles. The van der Waals surface area contributed by atoms with Crippen LogP contribution >= 0.6 is 27.5 Å². The number of hydrogen-bond acceptors (Lipinski definition) is 4. The average Bonchev–Trinajstić information content (AvgIpc) is 2.54. The molecule has 1 atom stereocenters. The topological polar surface area (TPSA) is 35.0 Å². The van der Waals surface area contributed by atoms with Gasteiger partial charge in [-0.25, -0.2) is 4.98 Å². The summed E-state index contributed by atoms with van der Waals surface area (Å²) in [5.41, 5.74) is 0. The van der Waals surface area contributed by atoms with E-state index in [0.29, 0.717) is 4.73 Å². The molecule has 66 valence electrons. The van der Waals surface area contributed by atoms with Crippen molar-refractivity contribution in [2.24, 2.45) is 0 Å². The van der Waals surface area contributed by atoms with Crippen molar-refractivity contribution in [2.45, 2.75) is 25.4 Å². The molecule has 0 saturated carbocycles. The largest absolute Gasteiger partial charge is 0.371 e. The Hall–Kier alpha value is -0.0000000000000000278. The van der Waals surface area contributed by atoms with Crippen molar-refractivity contribution in [1.29, 1.82) is 0 Å². The van der Waals surface area contributed by atoms with Crippen LogP contribution in [0.4, 0.5) is 0 Å². The van der Waals surface area contributed by atoms with Gasteiger partial charge in [0, 0.05) is 6.61 Å². The second-order valence-electron chi connectivity index (χ2n) is 2.76. The normalized spacial score (nSPS) is 24.2. The first-order chi connectivity index (χ1) is 5.86. The Morgan fingerprint density at radius 3 is 3.00 bits per heavy atom. The van der Waals surface area contributed by atoms with Crippen molar-refractivity contribution >= 4 is 27.5 Å². The van der Waals surface area contributed by atoms with Gasteiger partial charge in [-0.05, 0) is 46.7 Å². The first-order valence-corrected chi connectivity index (χ1v) is 5.53. The molecular weight excluding hydrogens is 240 g/mol. The van der Waals surface area contributed by atoms with E-state index in [9.17, 15) is 0 Å². The maximum atomic E-state index is 5.56. The van der Waals surface area contributed by atoms with Crippen LogP contribution in [0.1, 0.15) is 30.4 Å². The fourth-order valence-corrected chi connectivity index (χ4v) is 2.45. The summed E-state index contributed by atoms with van der Waals surface area (Å²) in [5, 5.41) is 1.00. The number of aromatic nitrogens is 2. The van der Waals surface area contributed by atoms with Gasteiger partial charge in [0.15, 0.2) is 0 Å². The Morgan fingerprint density at radius 2 is 2.42 bits per heavy atom. The van der Waals surface area contributed by atoms with Crippen LogP contribution in [-0.4, -0.2) is 16.0 Å². The van der Waals surface area contributed by atoms with Gasteiger partial charge in [-0.2, -0.15) is 4.37 Å². The monoisotopic (exact) mass is 248 g/mol. The zero-order chi connectivity index (χ0) is 8.39. The van der Waals surface area contributed by atoms with Crippen molar-refractivity contribution in [3.05, 3.63) is 9.74 Å². The van der Waals surface area contributed by atoms with Crippen molar-refractivity contribution < 1.29 is 4.74 Å². The van der Waals surface area contributed by atoms with E-state index >= 15 is 0 Å². The van der Waals surface area contributed by atoms with E-state index in [4.69, 9.17) is 4.74 Å². The lowest BCUT2D eigenvalue weighted by molar-refractivity contribution is 0.0147. The Labute approximate surface area is 83.5 Å². The lowest BCUT2D eigenvalue weighted by Crippen LogP contribution is -2.10. The van der Waals surface area contributed by atoms with Crippen LogP contribution in [0.5, 0.6) is 0 Å². The SMILES string of the molecule is Brc1nsc(C2CCCCO2)n1. The van der Waals surface area contributed by atoms with Gasteiger partial charge in [0.05, 0.1) is 0 Å². The van der Waals surface area contributed by atoms with Gasteiger partial charge in [0.25, 0.3) is 0 Å². The Balaban J connectivity index is 2.08. The van der Waals surface area contributed by atoms with E-state index in [1.807, 2.05) is 0 Å². The molecule has 1 fully saturated rings. The zero-order valence-corrected chi connectivity index (χ0v) is 8.90. The summed E-state index contributed by atoms with van der Waals surface area (Å²) in [6.45, 7) is 0.863. The highest BCUT2D eigenvalue weighted by Crippen LogP contribution is 2.29. The Kier molecular flexibility index (Phi) is 2.73. The fraction of sp³-hybridized carbons (Fsp3) is 0.714. The molecule has 1 saturated heterocycles. The zero-order valence-electron chi connectivity index (χ0n) is 6.49. The number of hydrogen-bond donors (Lipinski definition) is 0. The third-order valence-electron chi connectivity index (χ3n) is 1.87. The van der Waals surface area contributed by atoms with E-state index in [1.54, 1.807) is 0 Å². The second-order valence-corrected chi connectivity index (χ2v) is 4.25. The Bertz CT molecular complexity index is 260. The summed E-state index contributed by atoms with van der Waals surface area (Å²) in [6.07, 6.45) is 3.70. The molecule has 1 unspecified atom stereocenters. The summed E-state index contributed by atoms with van der Waals surface area (Å²) in [5.74, 6) is 0. The number of nitrogens with zero attached hydrogens (tertiary/aromatic N) is 2. The number of ether oxygens (including phenoxy) is 1. The summed E-state index contributed by atoms with van der Waals surface area (Å²) in [4.78, 5) is 4.23. The van der Waals surface area contributed by atoms with Gasteiger partial charge in [0.2, 0.25) is 4.73 Å². The van der Waals surface area contributed by atoms with Crippen molar-refractivity contribution in [3.8, 4) is 0 Å². The van der Waals surface area contributed by atoms with Crippen molar-refractivity contribution in [3.63, 3.8) is 0 Å². The molecule has 0 spiro atoms. The summed E-state index contributed by atoms with van der Waals surface area (Å²) >= 11 is 4.65. The van der Waals surface area contributed by atoms with Crippen LogP contribution in [0.2, 0.25) is 0 Å². The van der Waals surface area contributed by atoms with Gasteiger partial charge in [-0.15, -0.1) is 0 Å². The molecule has 5 heteroatoms. The molecule has 12 heavy (non-hydrogen) atoms. The second kappa shape index (κ2) is 3.81. The highest BCUT2D eigenvalue weighted by atomic mass is 79.9. The quantitative estimate of drug-likeness (QED) is 0.767. The summed E-state index contributed by atoms with van der Waals surface area (Å²) < 4.78 is 10.3. The predicted molar refractivity (Wildman–Crippen MR) is 50.2 cm³/mol. The minimum atomic E-state index is 0.197. The van der Waals surface area contributed by atoms with Gasteiger partial charge < -0.3 is 4.74 Å². The minimum absolute atomic E-state index is 0.197. The smallest absolute Gasteiger partial charge is 0.209 e. The fourth-order valence-electron chi connectivity index (χ4n) is 1.28. The van der Waals surface area contributed by atoms with Crippen LogP contribution in [0.15, 0.2) is 4.73 Å². The molecule has 1 aromatic heterocycles. The van der Waals surface area contributed by atoms with E-state index in [0.717, 1.165) is 18.0 Å². The van der Waals surface area contributed by atoms with E-state index in [1.165, 1.54) is 24.4 Å². The standard InChI is InChI=1S/C7H9BrN2OS/c8-7-9-6(12-10-7)5-3-1-2-4-11-5/h5H,1-4H2. The van der Waals surface area contributed by atoms with Crippen molar-refractivity contribution in [1.82, 2.24) is 9.36 Å². The minimum Gasteiger partial charge on any atom is -0.371 e. The van der Waals surface area contributed by atoms with Crippen molar-refractivity contribution in [2.75, 3.05) is 6.61 Å². The first kappa shape index (κ1) is 8.59. The van der Waals surface area contributed by atoms with E-state index in [2.05, 4.69) is 25.3 Å². The van der Waals surface area contributed by atoms with Crippen LogP contribution in [0.25, 0.3) is 0 Å². The maximum Gasteiger partial charge on any atom is 0.209 e. The highest BCUT2D eigenvalue weighted by molar-refractivity contribution is 9.10. The van der Waals surface area contributed by atoms with E-state index < -0.39 is 0 Å². The lowest BCUT2D eigenvalue weighted by atomic mass is 10.1. The number of rotatable bonds is 1. The molecule has 0 N–H and O–H groups in total. The number of halogens is 1. The molecule has 1 aliphatic heterocycles. The van der Waals surface area contributed by atoms with Crippen LogP contribution < -0.4 is 0 Å². The molecule has 0 radical (unpaired) electrons. The maximum absolute atomic E-state index is 5.56. The lowest BCUT2D eigenvalue weighted by Gasteiger charge is -2.19. The third kappa shape index (κ3) is 1.84. The highest BCUT2D eigenvalue weighted by Gasteiger charge is 2.19. The summed E-state index contributed by atoms with van der Waals surface area (Å²) in [6, 6.07) is 0. The van der Waals surface area contributed by atoms with Crippen LogP contribution in [0, 0.1) is 0 Å². The van der Waals surface area contributed by atoms with Crippen LogP contribution in [-0.2, 0) is 4.74 Å². The molecule has 0 amide bonds. The molecule has 0 aliphatic carbocycles. The summed E-state index contributed by atoms with van der Waals surface area (Å²) in [7, 11) is 0. The first-order valence-electron chi connectivity index (χ1n) is 3.97. The van der Waals surface area contributed by atoms with E-state index in [-0.39, 0.29) is 6.10 Å². The molecule has 3 nitrogen and oxygen atoms in total. The van der Waals surface area contributed by atoms with Gasteiger partial charge in [-0.1, -0.05) is 0 Å². The van der Waals surface area contributed by atoms with Crippen LogP contribution in [0.3, 0.4) is 0 Å². The predicted octanol–water partition coefficient (Wildman–Crippen LogP) is 2.54. The average molecular weight is 249 g/mol. The van der Waals surface area contributed by atoms with Gasteiger partial charge >= 0.3 is 0 Å². The molecular formula is C7H9BrN2OS.